The molecule has 1 aromatic heterocycles. The van der Waals surface area contributed by atoms with Crippen LogP contribution in [0.5, 0.6) is 0 Å². The summed E-state index contributed by atoms with van der Waals surface area (Å²) in [5, 5.41) is 8.47. The fourth-order valence-corrected chi connectivity index (χ4v) is 1.64. The van der Waals surface area contributed by atoms with E-state index < -0.39 is 0 Å². The monoisotopic (exact) mass is 260 g/mol. The predicted molar refractivity (Wildman–Crippen MR) is 44.4 cm³/mol. The van der Waals surface area contributed by atoms with Gasteiger partial charge in [-0.2, -0.15) is 5.26 Å². The van der Waals surface area contributed by atoms with Crippen LogP contribution < -0.4 is 0 Å². The van der Waals surface area contributed by atoms with Crippen LogP contribution in [0.3, 0.4) is 0 Å². The van der Waals surface area contributed by atoms with Crippen molar-refractivity contribution in [2.45, 2.75) is 0 Å². The van der Waals surface area contributed by atoms with Crippen LogP contribution in [0.1, 0.15) is 5.56 Å². The summed E-state index contributed by atoms with van der Waals surface area (Å²) in [6.45, 7) is 0. The van der Waals surface area contributed by atoms with Crippen LogP contribution in [0.15, 0.2) is 21.3 Å². The van der Waals surface area contributed by atoms with Gasteiger partial charge in [0.25, 0.3) is 0 Å². The Balaban J connectivity index is 3.22. The first-order chi connectivity index (χ1) is 4.72. The van der Waals surface area contributed by atoms with Crippen molar-refractivity contribution in [2.24, 2.45) is 0 Å². The quantitative estimate of drug-likeness (QED) is 0.673. The maximum absolute atomic E-state index is 8.47. The number of aromatic nitrogens is 1. The fourth-order valence-electron chi connectivity index (χ4n) is 0.529. The van der Waals surface area contributed by atoms with Gasteiger partial charge in [0.1, 0.15) is 9.21 Å². The molecule has 4 heteroatoms. The lowest BCUT2D eigenvalue weighted by Gasteiger charge is -1.91. The van der Waals surface area contributed by atoms with E-state index in [1.807, 2.05) is 6.07 Å². The molecule has 0 radical (unpaired) electrons. The summed E-state index contributed by atoms with van der Waals surface area (Å²) in [5.74, 6) is 0. The Labute approximate surface area is 75.1 Å². The summed E-state index contributed by atoms with van der Waals surface area (Å²) in [6.07, 6.45) is 0. The van der Waals surface area contributed by atoms with Gasteiger partial charge in [0.15, 0.2) is 0 Å². The number of halogens is 2. The minimum Gasteiger partial charge on any atom is -0.234 e. The molecule has 0 aromatic carbocycles. The van der Waals surface area contributed by atoms with Gasteiger partial charge in [-0.3, -0.25) is 0 Å². The molecule has 10 heavy (non-hydrogen) atoms. The second-order valence-corrected chi connectivity index (χ2v) is 3.24. The van der Waals surface area contributed by atoms with Crippen molar-refractivity contribution in [2.75, 3.05) is 0 Å². The SMILES string of the molecule is N#Cc1cc(Br)nc(Br)c1. The third kappa shape index (κ3) is 1.79. The number of nitriles is 1. The van der Waals surface area contributed by atoms with E-state index in [0.717, 1.165) is 0 Å². The second kappa shape index (κ2) is 3.13. The van der Waals surface area contributed by atoms with Crippen molar-refractivity contribution in [3.63, 3.8) is 0 Å². The first-order valence-corrected chi connectivity index (χ1v) is 4.04. The molecule has 0 aliphatic heterocycles. The van der Waals surface area contributed by atoms with Crippen LogP contribution in [0.2, 0.25) is 0 Å². The minimum atomic E-state index is 0.591. The smallest absolute Gasteiger partial charge is 0.108 e. The number of hydrogen-bond acceptors (Lipinski definition) is 2. The first-order valence-electron chi connectivity index (χ1n) is 2.45. The topological polar surface area (TPSA) is 36.7 Å². The zero-order valence-electron chi connectivity index (χ0n) is 4.81. The molecule has 0 saturated heterocycles. The molecule has 0 spiro atoms. The standard InChI is InChI=1S/C6H2Br2N2/c7-5-1-4(3-9)2-6(8)10-5/h1-2H. The summed E-state index contributed by atoms with van der Waals surface area (Å²) in [5.41, 5.74) is 0.591. The van der Waals surface area contributed by atoms with Crippen LogP contribution in [-0.4, -0.2) is 4.98 Å². The molecular weight excluding hydrogens is 260 g/mol. The Morgan fingerprint density at radius 2 is 1.80 bits per heavy atom. The molecule has 0 N–H and O–H groups in total. The highest BCUT2D eigenvalue weighted by Crippen LogP contribution is 2.14. The fraction of sp³-hybridized carbons (Fsp3) is 0. The van der Waals surface area contributed by atoms with Gasteiger partial charge in [0.05, 0.1) is 11.6 Å². The highest BCUT2D eigenvalue weighted by Gasteiger charge is 1.95. The largest absolute Gasteiger partial charge is 0.234 e. The molecule has 0 saturated carbocycles. The molecule has 2 nitrogen and oxygen atoms in total. The van der Waals surface area contributed by atoms with Gasteiger partial charge in [-0.25, -0.2) is 4.98 Å². The van der Waals surface area contributed by atoms with E-state index in [1.54, 1.807) is 12.1 Å². The van der Waals surface area contributed by atoms with E-state index in [-0.39, 0.29) is 0 Å². The van der Waals surface area contributed by atoms with Gasteiger partial charge in [0.2, 0.25) is 0 Å². The van der Waals surface area contributed by atoms with Crippen molar-refractivity contribution < 1.29 is 0 Å². The van der Waals surface area contributed by atoms with Crippen LogP contribution in [0.4, 0.5) is 0 Å². The number of hydrogen-bond donors (Lipinski definition) is 0. The summed E-state index contributed by atoms with van der Waals surface area (Å²) in [4.78, 5) is 3.96. The molecule has 0 bridgehead atoms. The average Bonchev–Trinajstić information content (AvgIpc) is 1.85. The van der Waals surface area contributed by atoms with Crippen LogP contribution >= 0.6 is 31.9 Å². The summed E-state index contributed by atoms with van der Waals surface area (Å²) >= 11 is 6.32. The first kappa shape index (κ1) is 7.70. The summed E-state index contributed by atoms with van der Waals surface area (Å²) < 4.78 is 1.33. The highest BCUT2D eigenvalue weighted by atomic mass is 79.9. The van der Waals surface area contributed by atoms with Gasteiger partial charge in [0, 0.05) is 0 Å². The molecule has 50 valence electrons. The second-order valence-electron chi connectivity index (χ2n) is 1.61. The Morgan fingerprint density at radius 1 is 1.30 bits per heavy atom. The lowest BCUT2D eigenvalue weighted by atomic mass is 10.3. The van der Waals surface area contributed by atoms with Gasteiger partial charge in [-0.1, -0.05) is 0 Å². The van der Waals surface area contributed by atoms with Crippen LogP contribution in [-0.2, 0) is 0 Å². The van der Waals surface area contributed by atoms with E-state index in [1.165, 1.54) is 0 Å². The Kier molecular flexibility index (Phi) is 2.41. The van der Waals surface area contributed by atoms with Crippen molar-refractivity contribution in [1.82, 2.24) is 4.98 Å². The molecule has 0 atom stereocenters. The van der Waals surface area contributed by atoms with Gasteiger partial charge in [-0.05, 0) is 44.0 Å². The van der Waals surface area contributed by atoms with Crippen molar-refractivity contribution >= 4 is 31.9 Å². The molecule has 1 heterocycles. The molecule has 0 aliphatic carbocycles. The Bertz CT molecular complexity index is 270. The van der Waals surface area contributed by atoms with Crippen molar-refractivity contribution in [3.05, 3.63) is 26.9 Å². The van der Waals surface area contributed by atoms with Gasteiger partial charge >= 0.3 is 0 Å². The normalized spacial score (nSPS) is 8.90. The Morgan fingerprint density at radius 3 is 2.20 bits per heavy atom. The van der Waals surface area contributed by atoms with Crippen molar-refractivity contribution in [1.29, 1.82) is 5.26 Å². The average molecular weight is 262 g/mol. The lowest BCUT2D eigenvalue weighted by Crippen LogP contribution is -1.79. The predicted octanol–water partition coefficient (Wildman–Crippen LogP) is 2.48. The van der Waals surface area contributed by atoms with E-state index in [2.05, 4.69) is 36.8 Å². The molecule has 0 amide bonds. The maximum Gasteiger partial charge on any atom is 0.108 e. The molecule has 0 unspecified atom stereocenters. The lowest BCUT2D eigenvalue weighted by molar-refractivity contribution is 1.22. The third-order valence-corrected chi connectivity index (χ3v) is 1.70. The zero-order chi connectivity index (χ0) is 7.56. The number of rotatable bonds is 0. The third-order valence-electron chi connectivity index (χ3n) is 0.892. The minimum absolute atomic E-state index is 0.591. The number of pyridine rings is 1. The number of nitrogens with zero attached hydrogens (tertiary/aromatic N) is 2. The molecule has 0 fully saturated rings. The van der Waals surface area contributed by atoms with E-state index in [0.29, 0.717) is 14.8 Å². The van der Waals surface area contributed by atoms with Gasteiger partial charge < -0.3 is 0 Å². The van der Waals surface area contributed by atoms with Crippen molar-refractivity contribution in [3.8, 4) is 6.07 Å². The maximum atomic E-state index is 8.47. The molecular formula is C6H2Br2N2. The summed E-state index contributed by atoms with van der Waals surface area (Å²) in [7, 11) is 0. The Hall–Kier alpha value is -0.400. The summed E-state index contributed by atoms with van der Waals surface area (Å²) in [6, 6.07) is 5.32. The molecule has 1 aromatic rings. The van der Waals surface area contributed by atoms with E-state index >= 15 is 0 Å². The highest BCUT2D eigenvalue weighted by molar-refractivity contribution is 9.11. The van der Waals surface area contributed by atoms with Crippen LogP contribution in [0, 0.1) is 11.3 Å². The molecule has 0 aliphatic rings. The van der Waals surface area contributed by atoms with E-state index in [9.17, 15) is 0 Å². The zero-order valence-corrected chi connectivity index (χ0v) is 7.98. The van der Waals surface area contributed by atoms with E-state index in [4.69, 9.17) is 5.26 Å². The molecule has 1 rings (SSSR count). The van der Waals surface area contributed by atoms with Crippen LogP contribution in [0.25, 0.3) is 0 Å². The van der Waals surface area contributed by atoms with Gasteiger partial charge in [-0.15, -0.1) is 0 Å².